The van der Waals surface area contributed by atoms with E-state index in [0.717, 1.165) is 18.8 Å². The van der Waals surface area contributed by atoms with Crippen LogP contribution in [-0.4, -0.2) is 12.1 Å². The molecule has 2 unspecified atom stereocenters. The topological polar surface area (TPSA) is 26.3 Å². The Labute approximate surface area is 99.1 Å². The van der Waals surface area contributed by atoms with Gasteiger partial charge in [0.25, 0.3) is 0 Å². The van der Waals surface area contributed by atoms with Gasteiger partial charge in [0.2, 0.25) is 0 Å². The lowest BCUT2D eigenvalue weighted by Crippen LogP contribution is -2.24. The van der Waals surface area contributed by atoms with Crippen molar-refractivity contribution >= 4 is 5.97 Å². The van der Waals surface area contributed by atoms with Crippen molar-refractivity contribution in [1.82, 2.24) is 0 Å². The molecule has 0 aliphatic heterocycles. The summed E-state index contributed by atoms with van der Waals surface area (Å²) in [6, 6.07) is 0. The molecule has 1 aliphatic rings. The van der Waals surface area contributed by atoms with E-state index < -0.39 is 0 Å². The lowest BCUT2D eigenvalue weighted by molar-refractivity contribution is -0.145. The number of carbonyl (C=O) groups is 1. The van der Waals surface area contributed by atoms with Gasteiger partial charge in [-0.1, -0.05) is 45.6 Å². The average molecular weight is 224 g/mol. The van der Waals surface area contributed by atoms with Gasteiger partial charge in [-0.2, -0.15) is 0 Å². The van der Waals surface area contributed by atoms with Gasteiger partial charge in [-0.15, -0.1) is 0 Å². The molecular formula is C14H24O2. The molecule has 0 heterocycles. The maximum absolute atomic E-state index is 11.1. The van der Waals surface area contributed by atoms with Gasteiger partial charge in [0, 0.05) is 6.08 Å². The zero-order valence-electron chi connectivity index (χ0n) is 10.4. The van der Waals surface area contributed by atoms with Gasteiger partial charge in [-0.25, -0.2) is 4.79 Å². The van der Waals surface area contributed by atoms with Crippen molar-refractivity contribution in [2.75, 3.05) is 0 Å². The van der Waals surface area contributed by atoms with E-state index in [0.29, 0.717) is 0 Å². The lowest BCUT2D eigenvalue weighted by Gasteiger charge is -2.28. The van der Waals surface area contributed by atoms with E-state index in [1.165, 1.54) is 44.6 Å². The highest BCUT2D eigenvalue weighted by atomic mass is 16.5. The highest BCUT2D eigenvalue weighted by Crippen LogP contribution is 2.30. The van der Waals surface area contributed by atoms with Crippen molar-refractivity contribution in [3.05, 3.63) is 12.7 Å². The van der Waals surface area contributed by atoms with Crippen LogP contribution in [0.2, 0.25) is 0 Å². The summed E-state index contributed by atoms with van der Waals surface area (Å²) in [6.45, 7) is 5.66. The molecule has 0 N–H and O–H groups in total. The molecule has 0 bridgehead atoms. The van der Waals surface area contributed by atoms with Gasteiger partial charge in [0.1, 0.15) is 6.10 Å². The van der Waals surface area contributed by atoms with Gasteiger partial charge in [0.15, 0.2) is 0 Å². The van der Waals surface area contributed by atoms with Crippen LogP contribution in [0.15, 0.2) is 12.7 Å². The second-order valence-corrected chi connectivity index (χ2v) is 4.79. The van der Waals surface area contributed by atoms with Gasteiger partial charge in [-0.3, -0.25) is 0 Å². The first-order chi connectivity index (χ1) is 7.76. The summed E-state index contributed by atoms with van der Waals surface area (Å²) in [5.41, 5.74) is 0. The summed E-state index contributed by atoms with van der Waals surface area (Å²) in [6.07, 6.45) is 11.2. The lowest BCUT2D eigenvalue weighted by atomic mass is 9.84. The van der Waals surface area contributed by atoms with Crippen molar-refractivity contribution in [2.24, 2.45) is 5.92 Å². The predicted molar refractivity (Wildman–Crippen MR) is 66.2 cm³/mol. The largest absolute Gasteiger partial charge is 0.459 e. The summed E-state index contributed by atoms with van der Waals surface area (Å²) in [7, 11) is 0. The number of unbranched alkanes of at least 4 members (excludes halogenated alkanes) is 2. The summed E-state index contributed by atoms with van der Waals surface area (Å²) >= 11 is 0. The maximum atomic E-state index is 11.1. The number of esters is 1. The second kappa shape index (κ2) is 7.48. The van der Waals surface area contributed by atoms with Crippen LogP contribution >= 0.6 is 0 Å². The van der Waals surface area contributed by atoms with Crippen molar-refractivity contribution < 1.29 is 9.53 Å². The van der Waals surface area contributed by atoms with E-state index in [1.54, 1.807) is 0 Å². The normalized spacial score (nSPS) is 25.1. The number of rotatable bonds is 6. The molecule has 2 heteroatoms. The predicted octanol–water partition coefficient (Wildman–Crippen LogP) is 3.85. The molecule has 1 rings (SSSR count). The van der Waals surface area contributed by atoms with Crippen LogP contribution in [0.25, 0.3) is 0 Å². The molecule has 16 heavy (non-hydrogen) atoms. The van der Waals surface area contributed by atoms with E-state index in [1.807, 2.05) is 0 Å². The Balaban J connectivity index is 2.24. The Bertz CT molecular complexity index is 223. The van der Waals surface area contributed by atoms with E-state index in [2.05, 4.69) is 13.5 Å². The Kier molecular flexibility index (Phi) is 6.20. The third kappa shape index (κ3) is 4.82. The van der Waals surface area contributed by atoms with Gasteiger partial charge >= 0.3 is 5.97 Å². The monoisotopic (exact) mass is 224 g/mol. The average Bonchev–Trinajstić information content (AvgIpc) is 2.30. The second-order valence-electron chi connectivity index (χ2n) is 4.79. The summed E-state index contributed by atoms with van der Waals surface area (Å²) < 4.78 is 5.32. The van der Waals surface area contributed by atoms with E-state index in [9.17, 15) is 4.79 Å². The quantitative estimate of drug-likeness (QED) is 0.389. The Morgan fingerprint density at radius 2 is 2.25 bits per heavy atom. The van der Waals surface area contributed by atoms with Crippen molar-refractivity contribution in [1.29, 1.82) is 0 Å². The fourth-order valence-corrected chi connectivity index (χ4v) is 2.51. The SMILES string of the molecule is C=CC(=O)OC1CCCC(CCCCC)C1. The van der Waals surface area contributed by atoms with Gasteiger partial charge in [0.05, 0.1) is 0 Å². The van der Waals surface area contributed by atoms with Crippen LogP contribution < -0.4 is 0 Å². The summed E-state index contributed by atoms with van der Waals surface area (Å²) in [4.78, 5) is 11.1. The highest BCUT2D eigenvalue weighted by molar-refractivity contribution is 5.81. The molecule has 0 amide bonds. The van der Waals surface area contributed by atoms with Crippen LogP contribution in [0.5, 0.6) is 0 Å². The van der Waals surface area contributed by atoms with E-state index in [-0.39, 0.29) is 12.1 Å². The molecule has 2 atom stereocenters. The fourth-order valence-electron chi connectivity index (χ4n) is 2.51. The van der Waals surface area contributed by atoms with Crippen molar-refractivity contribution in [3.8, 4) is 0 Å². The zero-order valence-corrected chi connectivity index (χ0v) is 10.4. The van der Waals surface area contributed by atoms with Crippen molar-refractivity contribution in [2.45, 2.75) is 64.4 Å². The molecule has 0 aromatic heterocycles. The molecule has 0 saturated heterocycles. The third-order valence-electron chi connectivity index (χ3n) is 3.40. The third-order valence-corrected chi connectivity index (χ3v) is 3.40. The first-order valence-electron chi connectivity index (χ1n) is 6.59. The Morgan fingerprint density at radius 1 is 1.44 bits per heavy atom. The van der Waals surface area contributed by atoms with Crippen molar-refractivity contribution in [3.63, 3.8) is 0 Å². The molecule has 0 aromatic carbocycles. The molecule has 92 valence electrons. The molecule has 0 radical (unpaired) electrons. The standard InChI is InChI=1S/C14H24O2/c1-3-5-6-8-12-9-7-10-13(11-12)16-14(15)4-2/h4,12-13H,2-3,5-11H2,1H3. The maximum Gasteiger partial charge on any atom is 0.330 e. The van der Waals surface area contributed by atoms with E-state index in [4.69, 9.17) is 4.74 Å². The minimum Gasteiger partial charge on any atom is -0.459 e. The number of hydrogen-bond acceptors (Lipinski definition) is 2. The van der Waals surface area contributed by atoms with Crippen LogP contribution in [-0.2, 0) is 9.53 Å². The minimum atomic E-state index is -0.265. The number of ether oxygens (including phenoxy) is 1. The van der Waals surface area contributed by atoms with Gasteiger partial charge in [-0.05, 0) is 25.2 Å². The number of hydrogen-bond donors (Lipinski definition) is 0. The van der Waals surface area contributed by atoms with Crippen LogP contribution in [0.1, 0.15) is 58.3 Å². The Hall–Kier alpha value is -0.790. The highest BCUT2D eigenvalue weighted by Gasteiger charge is 2.23. The zero-order chi connectivity index (χ0) is 11.8. The number of carbonyl (C=O) groups excluding carboxylic acids is 1. The molecule has 1 aliphatic carbocycles. The smallest absolute Gasteiger partial charge is 0.330 e. The first-order valence-corrected chi connectivity index (χ1v) is 6.59. The molecule has 1 fully saturated rings. The molecule has 0 aromatic rings. The minimum absolute atomic E-state index is 0.144. The van der Waals surface area contributed by atoms with Gasteiger partial charge < -0.3 is 4.74 Å². The molecular weight excluding hydrogens is 200 g/mol. The molecule has 2 nitrogen and oxygen atoms in total. The molecule has 0 spiro atoms. The fraction of sp³-hybridized carbons (Fsp3) is 0.786. The van der Waals surface area contributed by atoms with Crippen LogP contribution in [0.4, 0.5) is 0 Å². The first kappa shape index (κ1) is 13.3. The van der Waals surface area contributed by atoms with Crippen LogP contribution in [0, 0.1) is 5.92 Å². The summed E-state index contributed by atoms with van der Waals surface area (Å²) in [5.74, 6) is 0.502. The molecule has 1 saturated carbocycles. The van der Waals surface area contributed by atoms with Crippen LogP contribution in [0.3, 0.4) is 0 Å². The van der Waals surface area contributed by atoms with E-state index >= 15 is 0 Å². The summed E-state index contributed by atoms with van der Waals surface area (Å²) in [5, 5.41) is 0. The Morgan fingerprint density at radius 3 is 2.94 bits per heavy atom.